The summed E-state index contributed by atoms with van der Waals surface area (Å²) in [6, 6.07) is 9.23. The van der Waals surface area contributed by atoms with E-state index in [0.717, 1.165) is 30.5 Å². The SMILES string of the molecule is CCC(=O)Nc1cccc(-c2noc([C@H]3CCCN(C(=O)c4ccsc4)C3)n2)c1. The van der Waals surface area contributed by atoms with E-state index in [1.165, 1.54) is 11.3 Å². The molecule has 2 aromatic heterocycles. The molecule has 0 saturated carbocycles. The summed E-state index contributed by atoms with van der Waals surface area (Å²) in [5, 5.41) is 10.7. The molecule has 0 unspecified atom stereocenters. The Morgan fingerprint density at radius 1 is 1.34 bits per heavy atom. The second-order valence-electron chi connectivity index (χ2n) is 7.04. The lowest BCUT2D eigenvalue weighted by atomic mass is 9.97. The van der Waals surface area contributed by atoms with Gasteiger partial charge in [0.1, 0.15) is 0 Å². The summed E-state index contributed by atoms with van der Waals surface area (Å²) < 4.78 is 5.54. The number of hydrogen-bond acceptors (Lipinski definition) is 6. The number of nitrogens with one attached hydrogen (secondary N) is 1. The average molecular weight is 410 g/mol. The van der Waals surface area contributed by atoms with Gasteiger partial charge < -0.3 is 14.7 Å². The van der Waals surface area contributed by atoms with E-state index in [9.17, 15) is 9.59 Å². The summed E-state index contributed by atoms with van der Waals surface area (Å²) in [5.74, 6) is 1.05. The number of thiophene rings is 1. The van der Waals surface area contributed by atoms with Gasteiger partial charge in [-0.15, -0.1) is 0 Å². The fourth-order valence-electron chi connectivity index (χ4n) is 3.44. The lowest BCUT2D eigenvalue weighted by Crippen LogP contribution is -2.39. The molecule has 0 radical (unpaired) electrons. The van der Waals surface area contributed by atoms with Crippen molar-refractivity contribution in [3.63, 3.8) is 0 Å². The highest BCUT2D eigenvalue weighted by Gasteiger charge is 2.29. The molecule has 0 spiro atoms. The summed E-state index contributed by atoms with van der Waals surface area (Å²) in [5.41, 5.74) is 2.20. The molecule has 1 aliphatic heterocycles. The van der Waals surface area contributed by atoms with Crippen LogP contribution in [0.5, 0.6) is 0 Å². The molecular weight excluding hydrogens is 388 g/mol. The minimum atomic E-state index is -0.0477. The molecule has 2 amide bonds. The first-order chi connectivity index (χ1) is 14.1. The normalized spacial score (nSPS) is 16.6. The van der Waals surface area contributed by atoms with Crippen LogP contribution in [0.15, 0.2) is 45.6 Å². The number of carbonyl (C=O) groups excluding carboxylic acids is 2. The molecule has 7 nitrogen and oxygen atoms in total. The number of benzene rings is 1. The highest BCUT2D eigenvalue weighted by molar-refractivity contribution is 7.08. The van der Waals surface area contributed by atoms with Crippen molar-refractivity contribution in [1.29, 1.82) is 0 Å². The zero-order valence-electron chi connectivity index (χ0n) is 16.1. The Kier molecular flexibility index (Phi) is 5.71. The molecule has 1 saturated heterocycles. The van der Waals surface area contributed by atoms with Gasteiger partial charge in [0.25, 0.3) is 5.91 Å². The summed E-state index contributed by atoms with van der Waals surface area (Å²) in [7, 11) is 0. The Labute approximate surface area is 172 Å². The van der Waals surface area contributed by atoms with Gasteiger partial charge in [0.2, 0.25) is 17.6 Å². The van der Waals surface area contributed by atoms with Gasteiger partial charge in [-0.3, -0.25) is 9.59 Å². The maximum atomic E-state index is 12.6. The third kappa shape index (κ3) is 4.37. The lowest BCUT2D eigenvalue weighted by molar-refractivity contribution is -0.115. The van der Waals surface area contributed by atoms with E-state index >= 15 is 0 Å². The van der Waals surface area contributed by atoms with Crippen LogP contribution >= 0.6 is 11.3 Å². The predicted molar refractivity (Wildman–Crippen MR) is 111 cm³/mol. The summed E-state index contributed by atoms with van der Waals surface area (Å²) in [6.07, 6.45) is 2.22. The largest absolute Gasteiger partial charge is 0.339 e. The first-order valence-corrected chi connectivity index (χ1v) is 10.6. The molecule has 1 aliphatic rings. The fraction of sp³-hybridized carbons (Fsp3) is 0.333. The quantitative estimate of drug-likeness (QED) is 0.682. The van der Waals surface area contributed by atoms with Gasteiger partial charge in [0.15, 0.2) is 0 Å². The minimum absolute atomic E-state index is 0.0237. The maximum Gasteiger partial charge on any atom is 0.254 e. The van der Waals surface area contributed by atoms with Crippen LogP contribution in [0.25, 0.3) is 11.4 Å². The van der Waals surface area contributed by atoms with Crippen molar-refractivity contribution in [2.75, 3.05) is 18.4 Å². The zero-order valence-corrected chi connectivity index (χ0v) is 16.9. The average Bonchev–Trinajstić information content (AvgIpc) is 3.46. The van der Waals surface area contributed by atoms with E-state index in [4.69, 9.17) is 4.52 Å². The Morgan fingerprint density at radius 3 is 3.03 bits per heavy atom. The van der Waals surface area contributed by atoms with Crippen LogP contribution in [-0.4, -0.2) is 39.9 Å². The smallest absolute Gasteiger partial charge is 0.254 e. The standard InChI is InChI=1S/C21H22N4O3S/c1-2-18(26)22-17-7-3-5-14(11-17)19-23-20(28-24-19)15-6-4-9-25(12-15)21(27)16-8-10-29-13-16/h3,5,7-8,10-11,13,15H,2,4,6,9,12H2,1H3,(H,22,26)/t15-/m0/s1. The minimum Gasteiger partial charge on any atom is -0.339 e. The Bertz CT molecular complexity index is 999. The van der Waals surface area contributed by atoms with Crippen molar-refractivity contribution in [3.05, 3.63) is 52.5 Å². The van der Waals surface area contributed by atoms with E-state index in [2.05, 4.69) is 15.5 Å². The third-order valence-corrected chi connectivity index (χ3v) is 5.68. The topological polar surface area (TPSA) is 88.3 Å². The highest BCUT2D eigenvalue weighted by Crippen LogP contribution is 2.29. The van der Waals surface area contributed by atoms with E-state index < -0.39 is 0 Å². The molecule has 1 atom stereocenters. The summed E-state index contributed by atoms with van der Waals surface area (Å²) in [6.45, 7) is 3.12. The molecule has 4 rings (SSSR count). The molecule has 3 aromatic rings. The van der Waals surface area contributed by atoms with Crippen LogP contribution in [0, 0.1) is 0 Å². The Morgan fingerprint density at radius 2 is 2.24 bits per heavy atom. The first-order valence-electron chi connectivity index (χ1n) is 9.69. The fourth-order valence-corrected chi connectivity index (χ4v) is 4.07. The number of nitrogens with zero attached hydrogens (tertiary/aromatic N) is 3. The van der Waals surface area contributed by atoms with Crippen LogP contribution in [0.2, 0.25) is 0 Å². The molecule has 0 aliphatic carbocycles. The van der Waals surface area contributed by atoms with Crippen molar-refractivity contribution >= 4 is 28.8 Å². The number of aromatic nitrogens is 2. The van der Waals surface area contributed by atoms with Gasteiger partial charge >= 0.3 is 0 Å². The molecule has 29 heavy (non-hydrogen) atoms. The number of hydrogen-bond donors (Lipinski definition) is 1. The molecule has 8 heteroatoms. The van der Waals surface area contributed by atoms with Gasteiger partial charge in [-0.2, -0.15) is 16.3 Å². The van der Waals surface area contributed by atoms with Crippen molar-refractivity contribution in [1.82, 2.24) is 15.0 Å². The molecule has 0 bridgehead atoms. The Balaban J connectivity index is 1.48. The van der Waals surface area contributed by atoms with E-state index in [1.54, 1.807) is 6.92 Å². The van der Waals surface area contributed by atoms with Crippen LogP contribution in [0.3, 0.4) is 0 Å². The van der Waals surface area contributed by atoms with Crippen LogP contribution < -0.4 is 5.32 Å². The van der Waals surface area contributed by atoms with Crippen LogP contribution in [0.1, 0.15) is 48.4 Å². The molecule has 3 heterocycles. The van der Waals surface area contributed by atoms with E-state index in [-0.39, 0.29) is 17.7 Å². The predicted octanol–water partition coefficient (Wildman–Crippen LogP) is 4.17. The maximum absolute atomic E-state index is 12.6. The second-order valence-corrected chi connectivity index (χ2v) is 7.82. The van der Waals surface area contributed by atoms with Crippen molar-refractivity contribution in [2.45, 2.75) is 32.1 Å². The van der Waals surface area contributed by atoms with E-state index in [1.807, 2.05) is 46.0 Å². The van der Waals surface area contributed by atoms with Gasteiger partial charge in [-0.1, -0.05) is 24.2 Å². The number of rotatable bonds is 5. The van der Waals surface area contributed by atoms with Crippen LogP contribution in [0.4, 0.5) is 5.69 Å². The highest BCUT2D eigenvalue weighted by atomic mass is 32.1. The van der Waals surface area contributed by atoms with Gasteiger partial charge in [-0.05, 0) is 36.4 Å². The molecule has 1 fully saturated rings. The van der Waals surface area contributed by atoms with Crippen LogP contribution in [-0.2, 0) is 4.79 Å². The number of piperidine rings is 1. The molecule has 1 aromatic carbocycles. The number of amides is 2. The van der Waals surface area contributed by atoms with Gasteiger partial charge in [0.05, 0.1) is 11.5 Å². The van der Waals surface area contributed by atoms with Crippen molar-refractivity contribution in [2.24, 2.45) is 0 Å². The summed E-state index contributed by atoms with van der Waals surface area (Å²) >= 11 is 1.52. The molecule has 150 valence electrons. The van der Waals surface area contributed by atoms with E-state index in [0.29, 0.717) is 30.4 Å². The van der Waals surface area contributed by atoms with Crippen molar-refractivity contribution in [3.8, 4) is 11.4 Å². The monoisotopic (exact) mass is 410 g/mol. The zero-order chi connectivity index (χ0) is 20.2. The van der Waals surface area contributed by atoms with Gasteiger partial charge in [0, 0.05) is 36.1 Å². The molecular formula is C21H22N4O3S. The van der Waals surface area contributed by atoms with Crippen molar-refractivity contribution < 1.29 is 14.1 Å². The third-order valence-electron chi connectivity index (χ3n) is 4.99. The number of carbonyl (C=O) groups is 2. The first kappa shape index (κ1) is 19.3. The Hall–Kier alpha value is -3.00. The number of likely N-dealkylation sites (tertiary alicyclic amines) is 1. The molecule has 1 N–H and O–H groups in total. The number of anilines is 1. The van der Waals surface area contributed by atoms with Gasteiger partial charge in [-0.25, -0.2) is 0 Å². The lowest BCUT2D eigenvalue weighted by Gasteiger charge is -2.30. The summed E-state index contributed by atoms with van der Waals surface area (Å²) in [4.78, 5) is 30.7. The second kappa shape index (κ2) is 8.57.